The van der Waals surface area contributed by atoms with E-state index in [0.717, 1.165) is 24.6 Å². The standard InChI is InChI=1S/C27H25F3O4/c1-15(2)18-3-5-22(29)20(8-18)24(31)33-26-10-16-7-17(11-26)13-27(12-16,14-26)34-25(32)21-9-19(28)4-6-23(21)30/h3-6,8-9,16-17H,1,7,10-14H2,2H3. The highest BCUT2D eigenvalue weighted by atomic mass is 19.1. The fraction of sp³-hybridized carbons (Fsp3) is 0.407. The Hall–Kier alpha value is -3.09. The van der Waals surface area contributed by atoms with Crippen LogP contribution in [0.2, 0.25) is 0 Å². The number of hydrogen-bond acceptors (Lipinski definition) is 4. The van der Waals surface area contributed by atoms with Gasteiger partial charge in [0.25, 0.3) is 0 Å². The van der Waals surface area contributed by atoms with Crippen LogP contribution in [0.15, 0.2) is 43.0 Å². The summed E-state index contributed by atoms with van der Waals surface area (Å²) in [5.41, 5.74) is -1.11. The van der Waals surface area contributed by atoms with Crippen molar-refractivity contribution >= 4 is 17.5 Å². The Morgan fingerprint density at radius 2 is 1.35 bits per heavy atom. The maximum Gasteiger partial charge on any atom is 0.341 e. The molecule has 178 valence electrons. The largest absolute Gasteiger partial charge is 0.455 e. The van der Waals surface area contributed by atoms with Crippen LogP contribution in [0.4, 0.5) is 13.2 Å². The van der Waals surface area contributed by atoms with Crippen LogP contribution in [0.1, 0.15) is 71.7 Å². The first kappa shape index (κ1) is 22.7. The smallest absolute Gasteiger partial charge is 0.341 e. The number of ether oxygens (including phenoxy) is 2. The molecule has 2 unspecified atom stereocenters. The monoisotopic (exact) mass is 470 g/mol. The maximum absolute atomic E-state index is 14.5. The van der Waals surface area contributed by atoms with Gasteiger partial charge in [-0.25, -0.2) is 22.8 Å². The minimum Gasteiger partial charge on any atom is -0.455 e. The number of benzene rings is 2. The number of carbonyl (C=O) groups excluding carboxylic acids is 2. The number of halogens is 3. The van der Waals surface area contributed by atoms with Crippen molar-refractivity contribution in [2.45, 2.75) is 56.7 Å². The average molecular weight is 470 g/mol. The van der Waals surface area contributed by atoms with Gasteiger partial charge in [-0.2, -0.15) is 0 Å². The average Bonchev–Trinajstić information content (AvgIpc) is 2.73. The summed E-state index contributed by atoms with van der Waals surface area (Å²) in [6, 6.07) is 6.86. The molecular formula is C27H25F3O4. The van der Waals surface area contributed by atoms with Gasteiger partial charge in [-0.15, -0.1) is 0 Å². The molecule has 0 heterocycles. The molecule has 2 aromatic rings. The number of carbonyl (C=O) groups is 2. The Kier molecular flexibility index (Phi) is 5.34. The quantitative estimate of drug-likeness (QED) is 0.486. The van der Waals surface area contributed by atoms with E-state index in [1.165, 1.54) is 12.1 Å². The molecule has 34 heavy (non-hydrogen) atoms. The zero-order valence-corrected chi connectivity index (χ0v) is 18.8. The van der Waals surface area contributed by atoms with E-state index in [-0.39, 0.29) is 23.8 Å². The second-order valence-electron chi connectivity index (χ2n) is 10.2. The Morgan fingerprint density at radius 1 is 0.853 bits per heavy atom. The zero-order chi connectivity index (χ0) is 24.3. The lowest BCUT2D eigenvalue weighted by Crippen LogP contribution is -2.61. The van der Waals surface area contributed by atoms with E-state index in [2.05, 4.69) is 6.58 Å². The molecule has 0 amide bonds. The van der Waals surface area contributed by atoms with E-state index in [1.54, 1.807) is 13.0 Å². The van der Waals surface area contributed by atoms with Crippen molar-refractivity contribution in [1.82, 2.24) is 0 Å². The van der Waals surface area contributed by atoms with Gasteiger partial charge in [0.15, 0.2) is 0 Å². The van der Waals surface area contributed by atoms with Crippen LogP contribution in [0.25, 0.3) is 5.57 Å². The van der Waals surface area contributed by atoms with Gasteiger partial charge in [-0.05, 0) is 86.8 Å². The van der Waals surface area contributed by atoms with Crippen LogP contribution in [-0.4, -0.2) is 23.1 Å². The molecule has 2 aromatic carbocycles. The molecule has 6 rings (SSSR count). The number of allylic oxidation sites excluding steroid dienone is 1. The predicted molar refractivity (Wildman–Crippen MR) is 118 cm³/mol. The maximum atomic E-state index is 14.5. The topological polar surface area (TPSA) is 52.6 Å². The highest BCUT2D eigenvalue weighted by molar-refractivity contribution is 5.91. The molecular weight excluding hydrogens is 445 g/mol. The first-order valence-corrected chi connectivity index (χ1v) is 11.4. The minimum atomic E-state index is -0.932. The molecule has 0 radical (unpaired) electrons. The van der Waals surface area contributed by atoms with E-state index in [1.807, 2.05) is 0 Å². The fourth-order valence-electron chi connectivity index (χ4n) is 6.44. The third kappa shape index (κ3) is 4.01. The van der Waals surface area contributed by atoms with Crippen molar-refractivity contribution in [2.24, 2.45) is 11.8 Å². The number of hydrogen-bond donors (Lipinski definition) is 0. The molecule has 0 saturated heterocycles. The van der Waals surface area contributed by atoms with E-state index in [0.29, 0.717) is 36.8 Å². The number of esters is 2. The lowest BCUT2D eigenvalue weighted by atomic mass is 9.52. The molecule has 0 spiro atoms. The van der Waals surface area contributed by atoms with Gasteiger partial charge in [0.2, 0.25) is 0 Å². The predicted octanol–water partition coefficient (Wildman–Crippen LogP) is 6.24. The van der Waals surface area contributed by atoms with E-state index in [9.17, 15) is 22.8 Å². The van der Waals surface area contributed by atoms with Crippen LogP contribution in [0.3, 0.4) is 0 Å². The third-order valence-corrected chi connectivity index (χ3v) is 7.40. The van der Waals surface area contributed by atoms with Crippen molar-refractivity contribution in [3.05, 3.63) is 77.1 Å². The fourth-order valence-corrected chi connectivity index (χ4v) is 6.44. The Labute approximate surface area is 195 Å². The summed E-state index contributed by atoms with van der Waals surface area (Å²) < 4.78 is 54.1. The SMILES string of the molecule is C=C(C)c1ccc(F)c(C(=O)OC23CC4CC(CC(OC(=O)c5cc(F)ccc5F)(C4)C2)C3)c1. The van der Waals surface area contributed by atoms with Gasteiger partial charge in [0.1, 0.15) is 28.7 Å². The summed E-state index contributed by atoms with van der Waals surface area (Å²) in [6.07, 6.45) is 3.53. The highest BCUT2D eigenvalue weighted by Gasteiger charge is 2.61. The van der Waals surface area contributed by atoms with Crippen molar-refractivity contribution in [2.75, 3.05) is 0 Å². The summed E-state index contributed by atoms with van der Waals surface area (Å²) in [4.78, 5) is 25.9. The van der Waals surface area contributed by atoms with Gasteiger partial charge in [-0.1, -0.05) is 18.2 Å². The molecule has 7 heteroatoms. The minimum absolute atomic E-state index is 0.158. The Morgan fingerprint density at radius 3 is 1.88 bits per heavy atom. The van der Waals surface area contributed by atoms with Crippen molar-refractivity contribution < 1.29 is 32.2 Å². The summed E-state index contributed by atoms with van der Waals surface area (Å²) in [5, 5.41) is 0. The van der Waals surface area contributed by atoms with E-state index < -0.39 is 46.2 Å². The van der Waals surface area contributed by atoms with Crippen LogP contribution < -0.4 is 0 Å². The lowest BCUT2D eigenvalue weighted by Gasteiger charge is -2.60. The second-order valence-corrected chi connectivity index (χ2v) is 10.2. The van der Waals surface area contributed by atoms with E-state index >= 15 is 0 Å². The lowest BCUT2D eigenvalue weighted by molar-refractivity contribution is -0.200. The van der Waals surface area contributed by atoms with Crippen molar-refractivity contribution in [3.8, 4) is 0 Å². The molecule has 0 aromatic heterocycles. The second kappa shape index (κ2) is 8.00. The van der Waals surface area contributed by atoms with Crippen LogP contribution in [0.5, 0.6) is 0 Å². The van der Waals surface area contributed by atoms with Crippen LogP contribution in [-0.2, 0) is 9.47 Å². The van der Waals surface area contributed by atoms with Gasteiger partial charge in [-0.3, -0.25) is 0 Å². The molecule has 4 fully saturated rings. The molecule has 2 atom stereocenters. The molecule has 0 N–H and O–H groups in total. The Balaban J connectivity index is 1.40. The van der Waals surface area contributed by atoms with Crippen molar-refractivity contribution in [3.63, 3.8) is 0 Å². The summed E-state index contributed by atoms with van der Waals surface area (Å²) >= 11 is 0. The number of rotatable bonds is 5. The summed E-state index contributed by atoms with van der Waals surface area (Å²) in [7, 11) is 0. The van der Waals surface area contributed by atoms with Crippen molar-refractivity contribution in [1.29, 1.82) is 0 Å². The molecule has 4 aliphatic rings. The van der Waals surface area contributed by atoms with Gasteiger partial charge in [0, 0.05) is 6.42 Å². The first-order chi connectivity index (χ1) is 16.1. The molecule has 4 aliphatic carbocycles. The molecule has 4 bridgehead atoms. The first-order valence-electron chi connectivity index (χ1n) is 11.4. The van der Waals surface area contributed by atoms with Gasteiger partial charge >= 0.3 is 11.9 Å². The third-order valence-electron chi connectivity index (χ3n) is 7.40. The van der Waals surface area contributed by atoms with Crippen LogP contribution in [0, 0.1) is 29.3 Å². The zero-order valence-electron chi connectivity index (χ0n) is 18.8. The normalized spacial score (nSPS) is 29.1. The molecule has 4 nitrogen and oxygen atoms in total. The van der Waals surface area contributed by atoms with Crippen LogP contribution >= 0.6 is 0 Å². The Bertz CT molecular complexity index is 1190. The van der Waals surface area contributed by atoms with Gasteiger partial charge in [0.05, 0.1) is 11.1 Å². The summed E-state index contributed by atoms with van der Waals surface area (Å²) in [6.45, 7) is 5.60. The van der Waals surface area contributed by atoms with E-state index in [4.69, 9.17) is 9.47 Å². The molecule has 0 aliphatic heterocycles. The van der Waals surface area contributed by atoms with Gasteiger partial charge < -0.3 is 9.47 Å². The highest BCUT2D eigenvalue weighted by Crippen LogP contribution is 2.60. The summed E-state index contributed by atoms with van der Waals surface area (Å²) in [5.74, 6) is -3.65. The molecule has 4 saturated carbocycles.